The minimum atomic E-state index is -0.579. The molecule has 0 saturated heterocycles. The van der Waals surface area contributed by atoms with Gasteiger partial charge < -0.3 is 39.8 Å². The minimum Gasteiger partial charge on any atom is -0.485 e. The summed E-state index contributed by atoms with van der Waals surface area (Å²) in [4.78, 5) is 43.2. The fourth-order valence-electron chi connectivity index (χ4n) is 5.12. The fourth-order valence-corrected chi connectivity index (χ4v) is 5.12. The summed E-state index contributed by atoms with van der Waals surface area (Å²) in [6.07, 6.45) is -0.579. The lowest BCUT2D eigenvalue weighted by atomic mass is 9.99. The van der Waals surface area contributed by atoms with Crippen LogP contribution in [0.2, 0.25) is 0 Å². The van der Waals surface area contributed by atoms with E-state index in [0.29, 0.717) is 34.3 Å². The van der Waals surface area contributed by atoms with Crippen LogP contribution >= 0.6 is 0 Å². The number of likely N-dealkylation sites (N-methyl/N-ethyl adjacent to an activating group) is 1. The Kier molecular flexibility index (Phi) is 8.44. The first-order chi connectivity index (χ1) is 20.5. The number of aliphatic hydroxyl groups excluding tert-OH is 1. The van der Waals surface area contributed by atoms with Gasteiger partial charge in [0, 0.05) is 38.3 Å². The predicted molar refractivity (Wildman–Crippen MR) is 158 cm³/mol. The zero-order valence-electron chi connectivity index (χ0n) is 24.8. The number of aliphatic hydroxyl groups is 1. The maximum absolute atomic E-state index is 13.7. The van der Waals surface area contributed by atoms with Crippen LogP contribution < -0.4 is 24.8 Å². The van der Waals surface area contributed by atoms with Gasteiger partial charge in [-0.25, -0.2) is 4.79 Å². The molecule has 13 nitrogen and oxygen atoms in total. The number of aromatic nitrogens is 2. The summed E-state index contributed by atoms with van der Waals surface area (Å²) in [7, 11) is 3.32. The zero-order valence-corrected chi connectivity index (χ0v) is 24.8. The molecule has 2 aromatic carbocycles. The maximum Gasteiger partial charge on any atom is 0.321 e. The number of nitrogens with one attached hydrogen (secondary N) is 2. The number of rotatable bonds is 7. The number of aryl methyl sites for hydroxylation is 2. The highest BCUT2D eigenvalue weighted by atomic mass is 16.7. The molecule has 2 aliphatic rings. The van der Waals surface area contributed by atoms with E-state index < -0.39 is 18.1 Å². The second-order valence-corrected chi connectivity index (χ2v) is 10.9. The molecule has 0 radical (unpaired) electrons. The largest absolute Gasteiger partial charge is 0.485 e. The Bertz CT molecular complexity index is 1540. The maximum atomic E-state index is 13.7. The van der Waals surface area contributed by atoms with Crippen LogP contribution in [0.1, 0.15) is 40.4 Å². The summed E-state index contributed by atoms with van der Waals surface area (Å²) in [5.74, 6) is 0.349. The van der Waals surface area contributed by atoms with Crippen molar-refractivity contribution in [3.05, 3.63) is 59.4 Å². The van der Waals surface area contributed by atoms with E-state index in [0.717, 1.165) is 0 Å². The van der Waals surface area contributed by atoms with Crippen LogP contribution in [-0.4, -0.2) is 88.2 Å². The number of amides is 4. The van der Waals surface area contributed by atoms with Gasteiger partial charge in [-0.15, -0.1) is 0 Å². The molecule has 3 atom stereocenters. The predicted octanol–water partition coefficient (Wildman–Crippen LogP) is 3.09. The topological polar surface area (TPSA) is 147 Å². The van der Waals surface area contributed by atoms with E-state index in [1.165, 1.54) is 9.58 Å². The Labute approximate surface area is 249 Å². The van der Waals surface area contributed by atoms with Gasteiger partial charge in [0.25, 0.3) is 11.8 Å². The second kappa shape index (κ2) is 12.2. The molecule has 2 aliphatic heterocycles. The van der Waals surface area contributed by atoms with Gasteiger partial charge in [0.05, 0.1) is 36.1 Å². The van der Waals surface area contributed by atoms with Crippen LogP contribution in [-0.2, 0) is 7.05 Å². The van der Waals surface area contributed by atoms with E-state index in [1.807, 2.05) is 6.92 Å². The van der Waals surface area contributed by atoms with Crippen LogP contribution in [0.5, 0.6) is 17.2 Å². The van der Waals surface area contributed by atoms with Crippen molar-refractivity contribution >= 4 is 29.2 Å². The Morgan fingerprint density at radius 1 is 1.16 bits per heavy atom. The van der Waals surface area contributed by atoms with Crippen molar-refractivity contribution in [3.8, 4) is 17.2 Å². The number of ether oxygens (including phenoxy) is 3. The molecule has 43 heavy (non-hydrogen) atoms. The number of carbonyl (C=O) groups excluding carboxylic acids is 3. The van der Waals surface area contributed by atoms with Gasteiger partial charge in [-0.2, -0.15) is 5.10 Å². The number of benzene rings is 2. The van der Waals surface area contributed by atoms with Gasteiger partial charge in [-0.1, -0.05) is 13.0 Å². The van der Waals surface area contributed by atoms with E-state index in [9.17, 15) is 19.5 Å². The van der Waals surface area contributed by atoms with Gasteiger partial charge in [-0.3, -0.25) is 14.3 Å². The number of urea groups is 1. The average Bonchev–Trinajstić information content (AvgIpc) is 3.59. The average molecular weight is 593 g/mol. The van der Waals surface area contributed by atoms with Crippen molar-refractivity contribution in [1.29, 1.82) is 0 Å². The smallest absolute Gasteiger partial charge is 0.321 e. The third kappa shape index (κ3) is 6.21. The van der Waals surface area contributed by atoms with E-state index in [1.54, 1.807) is 75.3 Å². The first-order valence-electron chi connectivity index (χ1n) is 14.0. The summed E-state index contributed by atoms with van der Waals surface area (Å²) < 4.78 is 18.7. The SMILES string of the molecule is Cc1cc(C(=O)Nc2cccc3c2O[C@@H](CN(C)C(=O)Nc2ccc4c(c2)OCO4)[C@@H](C)CN([C@@H](C)CO)C3=O)n(C)n1. The van der Waals surface area contributed by atoms with Crippen molar-refractivity contribution in [2.45, 2.75) is 32.9 Å². The number of hydrogen-bond donors (Lipinski definition) is 3. The lowest BCUT2D eigenvalue weighted by molar-refractivity contribution is 0.0372. The van der Waals surface area contributed by atoms with Crippen molar-refractivity contribution in [2.24, 2.45) is 13.0 Å². The Morgan fingerprint density at radius 3 is 2.65 bits per heavy atom. The molecule has 13 heteroatoms. The van der Waals surface area contributed by atoms with E-state index in [4.69, 9.17) is 14.2 Å². The first kappa shape index (κ1) is 29.7. The minimum absolute atomic E-state index is 0.129. The number of fused-ring (bicyclic) bond motifs is 2. The number of anilines is 2. The molecule has 1 aromatic heterocycles. The van der Waals surface area contributed by atoms with Crippen molar-refractivity contribution < 1.29 is 33.7 Å². The van der Waals surface area contributed by atoms with E-state index in [2.05, 4.69) is 15.7 Å². The molecular formula is C30H36N6O7. The molecule has 3 N–H and O–H groups in total. The molecule has 3 heterocycles. The molecule has 0 fully saturated rings. The molecule has 0 bridgehead atoms. The first-order valence-corrected chi connectivity index (χ1v) is 14.0. The molecular weight excluding hydrogens is 556 g/mol. The highest BCUT2D eigenvalue weighted by Gasteiger charge is 2.35. The van der Waals surface area contributed by atoms with Gasteiger partial charge in [0.15, 0.2) is 17.2 Å². The normalized spacial score (nSPS) is 18.2. The van der Waals surface area contributed by atoms with Crippen LogP contribution in [0.4, 0.5) is 16.2 Å². The number of hydrogen-bond acceptors (Lipinski definition) is 8. The highest BCUT2D eigenvalue weighted by Crippen LogP contribution is 2.36. The van der Waals surface area contributed by atoms with E-state index >= 15 is 0 Å². The van der Waals surface area contributed by atoms with Crippen molar-refractivity contribution in [1.82, 2.24) is 19.6 Å². The van der Waals surface area contributed by atoms with E-state index in [-0.39, 0.29) is 55.7 Å². The molecule has 3 aromatic rings. The Hall–Kier alpha value is -4.78. The van der Waals surface area contributed by atoms with Gasteiger partial charge in [-0.05, 0) is 44.2 Å². The third-order valence-electron chi connectivity index (χ3n) is 7.60. The lowest BCUT2D eigenvalue weighted by Gasteiger charge is -2.38. The quantitative estimate of drug-likeness (QED) is 0.379. The number of nitrogens with zero attached hydrogens (tertiary/aromatic N) is 4. The van der Waals surface area contributed by atoms with Crippen molar-refractivity contribution in [2.75, 3.05) is 44.2 Å². The Morgan fingerprint density at radius 2 is 1.93 bits per heavy atom. The van der Waals surface area contributed by atoms with Gasteiger partial charge >= 0.3 is 6.03 Å². The zero-order chi connectivity index (χ0) is 30.8. The Balaban J connectivity index is 1.42. The summed E-state index contributed by atoms with van der Waals surface area (Å²) in [6.45, 7) is 5.82. The molecule has 0 aliphatic carbocycles. The second-order valence-electron chi connectivity index (χ2n) is 10.9. The summed E-state index contributed by atoms with van der Waals surface area (Å²) in [6, 6.07) is 10.9. The fraction of sp³-hybridized carbons (Fsp3) is 0.400. The molecule has 4 amide bonds. The summed E-state index contributed by atoms with van der Waals surface area (Å²) in [5.41, 5.74) is 2.11. The standard InChI is InChI=1S/C30H36N6O7/c1-17-13-36(19(3)15-37)29(39)21-7-6-8-22(32-28(38)23-11-18(2)33-35(23)5)27(21)43-26(17)14-34(4)30(40)31-20-9-10-24-25(12-20)42-16-41-24/h6-12,17,19,26,37H,13-16H2,1-5H3,(H,31,40)(H,32,38)/t17-,19-,26-/m0/s1. The summed E-state index contributed by atoms with van der Waals surface area (Å²) >= 11 is 0. The molecule has 0 unspecified atom stereocenters. The number of para-hydroxylation sites is 1. The van der Waals surface area contributed by atoms with Crippen LogP contribution in [0.25, 0.3) is 0 Å². The van der Waals surface area contributed by atoms with Crippen LogP contribution in [0, 0.1) is 12.8 Å². The molecule has 228 valence electrons. The monoisotopic (exact) mass is 592 g/mol. The molecule has 5 rings (SSSR count). The van der Waals surface area contributed by atoms with Crippen molar-refractivity contribution in [3.63, 3.8) is 0 Å². The van der Waals surface area contributed by atoms with Crippen LogP contribution in [0.15, 0.2) is 42.5 Å². The van der Waals surface area contributed by atoms with Crippen LogP contribution in [0.3, 0.4) is 0 Å². The van der Waals surface area contributed by atoms with Gasteiger partial charge in [0.2, 0.25) is 6.79 Å². The summed E-state index contributed by atoms with van der Waals surface area (Å²) in [5, 5.41) is 19.9. The molecule has 0 saturated carbocycles. The van der Waals surface area contributed by atoms with Gasteiger partial charge in [0.1, 0.15) is 11.8 Å². The lowest BCUT2D eigenvalue weighted by Crippen LogP contribution is -2.50. The molecule has 0 spiro atoms. The number of carbonyl (C=O) groups is 3. The highest BCUT2D eigenvalue weighted by molar-refractivity contribution is 6.06. The third-order valence-corrected chi connectivity index (χ3v) is 7.60.